The minimum absolute atomic E-state index is 0.0350. The molecule has 0 spiro atoms. The summed E-state index contributed by atoms with van der Waals surface area (Å²) in [6.45, 7) is 0.789. The Balaban J connectivity index is 1.94. The van der Waals surface area contributed by atoms with Gasteiger partial charge >= 0.3 is 5.97 Å². The number of rotatable bonds is 9. The number of anilines is 1. The van der Waals surface area contributed by atoms with Crippen molar-refractivity contribution in [3.8, 4) is 5.75 Å². The molecule has 0 aromatic heterocycles. The van der Waals surface area contributed by atoms with E-state index >= 15 is 0 Å². The van der Waals surface area contributed by atoms with Crippen molar-refractivity contribution in [2.24, 2.45) is 5.73 Å². The fraction of sp³-hybridized carbons (Fsp3) is 0.250. The van der Waals surface area contributed by atoms with Crippen molar-refractivity contribution in [2.45, 2.75) is 13.3 Å². The summed E-state index contributed by atoms with van der Waals surface area (Å²) in [5.41, 5.74) is 6.38. The van der Waals surface area contributed by atoms with E-state index in [1.54, 1.807) is 18.2 Å². The number of esters is 1. The predicted octanol–water partition coefficient (Wildman–Crippen LogP) is 2.62. The van der Waals surface area contributed by atoms with Crippen molar-refractivity contribution in [1.82, 2.24) is 0 Å². The topological polar surface area (TPSA) is 98.9 Å². The number of nitrogens with two attached hydrogens (primary N) is 1. The lowest BCUT2D eigenvalue weighted by molar-refractivity contribution is -0.149. The van der Waals surface area contributed by atoms with Crippen LogP contribution >= 0.6 is 11.6 Å². The summed E-state index contributed by atoms with van der Waals surface area (Å²) in [6.07, 6.45) is -0.105. The highest BCUT2D eigenvalue weighted by atomic mass is 35.5. The number of hydrogen-bond donors (Lipinski definition) is 1. The molecule has 9 heteroatoms. The van der Waals surface area contributed by atoms with Gasteiger partial charge in [0.2, 0.25) is 5.91 Å². The largest absolute Gasteiger partial charge is 0.480 e. The predicted molar refractivity (Wildman–Crippen MR) is 105 cm³/mol. The zero-order valence-corrected chi connectivity index (χ0v) is 16.4. The maximum absolute atomic E-state index is 13.1. The van der Waals surface area contributed by atoms with Crippen LogP contribution < -0.4 is 15.4 Å². The van der Waals surface area contributed by atoms with E-state index in [0.717, 1.165) is 5.56 Å². The molecule has 2 aromatic rings. The number of benzene rings is 2. The monoisotopic (exact) mass is 422 g/mol. The molecule has 0 radical (unpaired) electrons. The molecular weight excluding hydrogens is 403 g/mol. The first-order chi connectivity index (χ1) is 13.8. The summed E-state index contributed by atoms with van der Waals surface area (Å²) in [6, 6.07) is 10.2. The molecule has 0 bridgehead atoms. The molecule has 0 saturated carbocycles. The van der Waals surface area contributed by atoms with Gasteiger partial charge in [-0.2, -0.15) is 0 Å². The van der Waals surface area contributed by atoms with Gasteiger partial charge in [0.1, 0.15) is 11.6 Å². The number of halogens is 2. The average Bonchev–Trinajstić information content (AvgIpc) is 2.68. The van der Waals surface area contributed by atoms with E-state index in [0.29, 0.717) is 16.5 Å². The second-order valence-electron chi connectivity index (χ2n) is 6.12. The quantitative estimate of drug-likeness (QED) is 0.626. The smallest absolute Gasteiger partial charge is 0.344 e. The van der Waals surface area contributed by atoms with E-state index < -0.39 is 36.8 Å². The Morgan fingerprint density at radius 2 is 1.79 bits per heavy atom. The SMILES string of the molecule is Cc1ccc(Cl)c(OCC(=O)OCC(=O)N(CCC(N)=O)c2ccc(F)cc2)c1. The van der Waals surface area contributed by atoms with Crippen LogP contribution in [0.3, 0.4) is 0 Å². The maximum atomic E-state index is 13.1. The maximum Gasteiger partial charge on any atom is 0.344 e. The van der Waals surface area contributed by atoms with Gasteiger partial charge in [-0.05, 0) is 48.9 Å². The van der Waals surface area contributed by atoms with Crippen LogP contribution in [0.1, 0.15) is 12.0 Å². The van der Waals surface area contributed by atoms with Gasteiger partial charge in [0.25, 0.3) is 5.91 Å². The summed E-state index contributed by atoms with van der Waals surface area (Å²) < 4.78 is 23.4. The van der Waals surface area contributed by atoms with Gasteiger partial charge in [0, 0.05) is 18.7 Å². The zero-order chi connectivity index (χ0) is 21.4. The second kappa shape index (κ2) is 10.4. The van der Waals surface area contributed by atoms with Gasteiger partial charge < -0.3 is 20.1 Å². The van der Waals surface area contributed by atoms with Crippen LogP contribution in [0.5, 0.6) is 5.75 Å². The van der Waals surface area contributed by atoms with Crippen LogP contribution in [0.4, 0.5) is 10.1 Å². The Labute approximate surface area is 172 Å². The number of amides is 2. The highest BCUT2D eigenvalue weighted by Crippen LogP contribution is 2.25. The molecule has 2 rings (SSSR count). The zero-order valence-electron chi connectivity index (χ0n) is 15.7. The van der Waals surface area contributed by atoms with Crippen molar-refractivity contribution in [1.29, 1.82) is 0 Å². The van der Waals surface area contributed by atoms with Gasteiger partial charge in [0.15, 0.2) is 13.2 Å². The lowest BCUT2D eigenvalue weighted by Gasteiger charge is -2.22. The first-order valence-electron chi connectivity index (χ1n) is 8.65. The van der Waals surface area contributed by atoms with E-state index in [2.05, 4.69) is 0 Å². The van der Waals surface area contributed by atoms with E-state index in [4.69, 9.17) is 26.8 Å². The molecule has 0 fully saturated rings. The minimum Gasteiger partial charge on any atom is -0.480 e. The van der Waals surface area contributed by atoms with E-state index in [9.17, 15) is 18.8 Å². The lowest BCUT2D eigenvalue weighted by Crippen LogP contribution is -2.37. The number of primary amides is 1. The molecule has 0 heterocycles. The van der Waals surface area contributed by atoms with E-state index in [-0.39, 0.29) is 13.0 Å². The van der Waals surface area contributed by atoms with Crippen LogP contribution in [0.25, 0.3) is 0 Å². The Hall–Kier alpha value is -3.13. The number of carbonyl (C=O) groups is 3. The first kappa shape index (κ1) is 22.2. The summed E-state index contributed by atoms with van der Waals surface area (Å²) >= 11 is 5.99. The minimum atomic E-state index is -0.773. The fourth-order valence-electron chi connectivity index (χ4n) is 2.36. The molecule has 0 aliphatic heterocycles. The highest BCUT2D eigenvalue weighted by Gasteiger charge is 2.19. The van der Waals surface area contributed by atoms with Crippen molar-refractivity contribution >= 4 is 35.1 Å². The Morgan fingerprint density at radius 3 is 2.45 bits per heavy atom. The van der Waals surface area contributed by atoms with Gasteiger partial charge in [-0.25, -0.2) is 9.18 Å². The third-order valence-electron chi connectivity index (χ3n) is 3.81. The number of hydrogen-bond acceptors (Lipinski definition) is 5. The van der Waals surface area contributed by atoms with Crippen molar-refractivity contribution in [3.63, 3.8) is 0 Å². The van der Waals surface area contributed by atoms with Gasteiger partial charge in [-0.3, -0.25) is 9.59 Å². The molecule has 2 amide bonds. The summed E-state index contributed by atoms with van der Waals surface area (Å²) in [7, 11) is 0. The van der Waals surface area contributed by atoms with Crippen LogP contribution in [0.2, 0.25) is 5.02 Å². The van der Waals surface area contributed by atoms with Gasteiger partial charge in [0.05, 0.1) is 5.02 Å². The van der Waals surface area contributed by atoms with Gasteiger partial charge in [-0.1, -0.05) is 17.7 Å². The van der Waals surface area contributed by atoms with Gasteiger partial charge in [-0.15, -0.1) is 0 Å². The third kappa shape index (κ3) is 7.08. The van der Waals surface area contributed by atoms with Crippen LogP contribution in [0.15, 0.2) is 42.5 Å². The van der Waals surface area contributed by atoms with Crippen LogP contribution in [0, 0.1) is 12.7 Å². The van der Waals surface area contributed by atoms with Crippen LogP contribution in [-0.2, 0) is 19.1 Å². The van der Waals surface area contributed by atoms with Crippen molar-refractivity contribution < 1.29 is 28.2 Å². The normalized spacial score (nSPS) is 10.3. The number of aryl methyl sites for hydroxylation is 1. The fourth-order valence-corrected chi connectivity index (χ4v) is 2.53. The molecule has 2 N–H and O–H groups in total. The van der Waals surface area contributed by atoms with E-state index in [1.165, 1.54) is 29.2 Å². The number of nitrogens with zero attached hydrogens (tertiary/aromatic N) is 1. The molecule has 0 aliphatic carbocycles. The Bertz CT molecular complexity index is 889. The Morgan fingerprint density at radius 1 is 1.10 bits per heavy atom. The summed E-state index contributed by atoms with van der Waals surface area (Å²) in [4.78, 5) is 36.6. The third-order valence-corrected chi connectivity index (χ3v) is 4.12. The molecule has 7 nitrogen and oxygen atoms in total. The second-order valence-corrected chi connectivity index (χ2v) is 6.53. The number of ether oxygens (including phenoxy) is 2. The standard InChI is InChI=1S/C20H20ClFN2O5/c1-13-2-7-16(21)17(10-13)28-12-20(27)29-11-19(26)24(9-8-18(23)25)15-5-3-14(22)4-6-15/h2-7,10H,8-9,11-12H2,1H3,(H2,23,25). The summed E-state index contributed by atoms with van der Waals surface area (Å²) in [5.74, 6) is -2.13. The molecular formula is C20H20ClFN2O5. The molecule has 0 aliphatic rings. The summed E-state index contributed by atoms with van der Waals surface area (Å²) in [5, 5.41) is 0.341. The molecule has 154 valence electrons. The van der Waals surface area contributed by atoms with E-state index in [1.807, 2.05) is 6.92 Å². The highest BCUT2D eigenvalue weighted by molar-refractivity contribution is 6.32. The first-order valence-corrected chi connectivity index (χ1v) is 9.03. The molecule has 0 unspecified atom stereocenters. The van der Waals surface area contributed by atoms with Crippen molar-refractivity contribution in [3.05, 3.63) is 58.9 Å². The molecule has 2 aromatic carbocycles. The van der Waals surface area contributed by atoms with Crippen LogP contribution in [-0.4, -0.2) is 37.5 Å². The Kier molecular flexibility index (Phi) is 7.97. The lowest BCUT2D eigenvalue weighted by atomic mass is 10.2. The van der Waals surface area contributed by atoms with Crippen molar-refractivity contribution in [2.75, 3.05) is 24.7 Å². The molecule has 0 saturated heterocycles. The average molecular weight is 423 g/mol. The molecule has 29 heavy (non-hydrogen) atoms. The molecule has 0 atom stereocenters. The number of carbonyl (C=O) groups excluding carboxylic acids is 3.